The van der Waals surface area contributed by atoms with Crippen molar-refractivity contribution in [2.45, 2.75) is 13.3 Å². The molecular formula is C14H19N3O2. The Labute approximate surface area is 112 Å². The highest BCUT2D eigenvalue weighted by Crippen LogP contribution is 2.13. The number of nitrogens with one attached hydrogen (secondary N) is 3. The highest BCUT2D eigenvalue weighted by atomic mass is 16.2. The Bertz CT molecular complexity index is 470. The number of hydrogen-bond donors (Lipinski definition) is 3. The zero-order valence-corrected chi connectivity index (χ0v) is 11.0. The molecule has 102 valence electrons. The summed E-state index contributed by atoms with van der Waals surface area (Å²) in [6.45, 7) is 4.28. The summed E-state index contributed by atoms with van der Waals surface area (Å²) in [5, 5.41) is 8.70. The molecule has 1 aromatic carbocycles. The molecule has 1 heterocycles. The molecule has 0 atom stereocenters. The van der Waals surface area contributed by atoms with Gasteiger partial charge in [0.1, 0.15) is 0 Å². The van der Waals surface area contributed by atoms with Gasteiger partial charge in [-0.25, -0.2) is 0 Å². The fraction of sp³-hybridized carbons (Fsp3) is 0.429. The molecule has 5 nitrogen and oxygen atoms in total. The lowest BCUT2D eigenvalue weighted by molar-refractivity contribution is -0.117. The van der Waals surface area contributed by atoms with Crippen LogP contribution >= 0.6 is 0 Å². The topological polar surface area (TPSA) is 70.2 Å². The number of carbonyl (C=O) groups excluding carboxylic acids is 2. The predicted octanol–water partition coefficient (Wildman–Crippen LogP) is 0.984. The first kappa shape index (κ1) is 13.5. The summed E-state index contributed by atoms with van der Waals surface area (Å²) in [6.07, 6.45) is 0.526. The summed E-state index contributed by atoms with van der Waals surface area (Å²) < 4.78 is 0. The number of carbonyl (C=O) groups is 2. The van der Waals surface area contributed by atoms with E-state index in [2.05, 4.69) is 16.0 Å². The molecule has 0 spiro atoms. The fourth-order valence-electron chi connectivity index (χ4n) is 1.97. The first-order chi connectivity index (χ1) is 9.19. The second-order valence-corrected chi connectivity index (χ2v) is 4.72. The Morgan fingerprint density at radius 1 is 1.37 bits per heavy atom. The molecular weight excluding hydrogens is 242 g/mol. The average Bonchev–Trinajstić information content (AvgIpc) is 2.34. The molecule has 0 radical (unpaired) electrons. The molecule has 19 heavy (non-hydrogen) atoms. The molecule has 1 aliphatic rings. The standard InChI is InChI=1S/C14H19N3O2/c1-2-16-14(19)11-4-3-5-12(7-11)17-13(18)6-10-8-15-9-10/h3-5,7,10,15H,2,6,8-9H2,1H3,(H,16,19)(H,17,18). The third-order valence-electron chi connectivity index (χ3n) is 3.09. The summed E-state index contributed by atoms with van der Waals surface area (Å²) in [5.41, 5.74) is 1.23. The highest BCUT2D eigenvalue weighted by molar-refractivity contribution is 5.97. The molecule has 0 bridgehead atoms. The lowest BCUT2D eigenvalue weighted by Gasteiger charge is -2.26. The van der Waals surface area contributed by atoms with Crippen LogP contribution in [0.3, 0.4) is 0 Å². The maximum absolute atomic E-state index is 11.8. The van der Waals surface area contributed by atoms with Crippen molar-refractivity contribution in [1.29, 1.82) is 0 Å². The van der Waals surface area contributed by atoms with Crippen LogP contribution < -0.4 is 16.0 Å². The Balaban J connectivity index is 1.94. The second kappa shape index (κ2) is 6.33. The molecule has 1 fully saturated rings. The minimum absolute atomic E-state index is 0.000417. The Kier molecular flexibility index (Phi) is 4.52. The fourth-order valence-corrected chi connectivity index (χ4v) is 1.97. The van der Waals surface area contributed by atoms with E-state index in [0.717, 1.165) is 13.1 Å². The van der Waals surface area contributed by atoms with E-state index >= 15 is 0 Å². The summed E-state index contributed by atoms with van der Waals surface area (Å²) in [7, 11) is 0. The van der Waals surface area contributed by atoms with Crippen molar-refractivity contribution < 1.29 is 9.59 Å². The zero-order chi connectivity index (χ0) is 13.7. The quantitative estimate of drug-likeness (QED) is 0.740. The first-order valence-corrected chi connectivity index (χ1v) is 6.58. The number of rotatable bonds is 5. The van der Waals surface area contributed by atoms with Crippen molar-refractivity contribution in [3.63, 3.8) is 0 Å². The number of anilines is 1. The first-order valence-electron chi connectivity index (χ1n) is 6.58. The molecule has 3 N–H and O–H groups in total. The Hall–Kier alpha value is -1.88. The van der Waals surface area contributed by atoms with E-state index in [4.69, 9.17) is 0 Å². The van der Waals surface area contributed by atoms with E-state index in [1.165, 1.54) is 0 Å². The van der Waals surface area contributed by atoms with Crippen LogP contribution in [0, 0.1) is 5.92 Å². The normalized spacial score (nSPS) is 14.6. The second-order valence-electron chi connectivity index (χ2n) is 4.72. The highest BCUT2D eigenvalue weighted by Gasteiger charge is 2.20. The Morgan fingerprint density at radius 2 is 2.16 bits per heavy atom. The van der Waals surface area contributed by atoms with Crippen LogP contribution in [0.5, 0.6) is 0 Å². The van der Waals surface area contributed by atoms with E-state index in [9.17, 15) is 9.59 Å². The van der Waals surface area contributed by atoms with Crippen LogP contribution in [0.2, 0.25) is 0 Å². The van der Waals surface area contributed by atoms with Crippen LogP contribution in [0.1, 0.15) is 23.7 Å². The Morgan fingerprint density at radius 3 is 2.79 bits per heavy atom. The molecule has 1 aliphatic heterocycles. The zero-order valence-electron chi connectivity index (χ0n) is 11.0. The molecule has 0 unspecified atom stereocenters. The molecule has 2 rings (SSSR count). The van der Waals surface area contributed by atoms with Gasteiger partial charge in [0, 0.05) is 24.2 Å². The van der Waals surface area contributed by atoms with E-state index in [-0.39, 0.29) is 11.8 Å². The minimum atomic E-state index is -0.123. The van der Waals surface area contributed by atoms with Crippen LogP contribution in [0.4, 0.5) is 5.69 Å². The van der Waals surface area contributed by atoms with Gasteiger partial charge in [-0.1, -0.05) is 6.07 Å². The maximum atomic E-state index is 11.8. The van der Waals surface area contributed by atoms with Crippen molar-refractivity contribution in [3.8, 4) is 0 Å². The molecule has 0 aromatic heterocycles. The van der Waals surface area contributed by atoms with Gasteiger partial charge in [-0.05, 0) is 44.1 Å². The van der Waals surface area contributed by atoms with Crippen LogP contribution in [-0.4, -0.2) is 31.4 Å². The summed E-state index contributed by atoms with van der Waals surface area (Å²) >= 11 is 0. The maximum Gasteiger partial charge on any atom is 0.251 e. The number of hydrogen-bond acceptors (Lipinski definition) is 3. The third kappa shape index (κ3) is 3.79. The van der Waals surface area contributed by atoms with Crippen LogP contribution in [0.25, 0.3) is 0 Å². The monoisotopic (exact) mass is 261 g/mol. The molecule has 1 aromatic rings. The van der Waals surface area contributed by atoms with Gasteiger partial charge in [0.25, 0.3) is 5.91 Å². The van der Waals surface area contributed by atoms with Crippen molar-refractivity contribution in [2.24, 2.45) is 5.92 Å². The lowest BCUT2D eigenvalue weighted by Crippen LogP contribution is -2.43. The average molecular weight is 261 g/mol. The van der Waals surface area contributed by atoms with Crippen molar-refractivity contribution >= 4 is 17.5 Å². The lowest BCUT2D eigenvalue weighted by atomic mass is 9.99. The van der Waals surface area contributed by atoms with Gasteiger partial charge in [0.2, 0.25) is 5.91 Å². The van der Waals surface area contributed by atoms with Gasteiger partial charge in [-0.2, -0.15) is 0 Å². The van der Waals surface area contributed by atoms with Crippen LogP contribution in [-0.2, 0) is 4.79 Å². The SMILES string of the molecule is CCNC(=O)c1cccc(NC(=O)CC2CNC2)c1. The van der Waals surface area contributed by atoms with Gasteiger partial charge in [-0.3, -0.25) is 9.59 Å². The molecule has 0 saturated carbocycles. The number of amides is 2. The van der Waals surface area contributed by atoms with E-state index in [1.807, 2.05) is 6.92 Å². The van der Waals surface area contributed by atoms with Crippen molar-refractivity contribution in [3.05, 3.63) is 29.8 Å². The van der Waals surface area contributed by atoms with Crippen molar-refractivity contribution in [1.82, 2.24) is 10.6 Å². The van der Waals surface area contributed by atoms with Gasteiger partial charge < -0.3 is 16.0 Å². The van der Waals surface area contributed by atoms with Gasteiger partial charge >= 0.3 is 0 Å². The third-order valence-corrected chi connectivity index (χ3v) is 3.09. The molecule has 0 aliphatic carbocycles. The number of benzene rings is 1. The van der Waals surface area contributed by atoms with Crippen LogP contribution in [0.15, 0.2) is 24.3 Å². The van der Waals surface area contributed by atoms with Gasteiger partial charge in [0.05, 0.1) is 0 Å². The molecule has 5 heteroatoms. The van der Waals surface area contributed by atoms with E-state index < -0.39 is 0 Å². The molecule has 1 saturated heterocycles. The van der Waals surface area contributed by atoms with E-state index in [0.29, 0.717) is 30.1 Å². The van der Waals surface area contributed by atoms with Crippen molar-refractivity contribution in [2.75, 3.05) is 25.0 Å². The summed E-state index contributed by atoms with van der Waals surface area (Å²) in [4.78, 5) is 23.5. The van der Waals surface area contributed by atoms with E-state index in [1.54, 1.807) is 24.3 Å². The molecule has 2 amide bonds. The smallest absolute Gasteiger partial charge is 0.251 e. The predicted molar refractivity (Wildman–Crippen MR) is 74.1 cm³/mol. The van der Waals surface area contributed by atoms with Gasteiger partial charge in [0.15, 0.2) is 0 Å². The largest absolute Gasteiger partial charge is 0.352 e. The minimum Gasteiger partial charge on any atom is -0.352 e. The summed E-state index contributed by atoms with van der Waals surface area (Å²) in [5.74, 6) is 0.313. The summed E-state index contributed by atoms with van der Waals surface area (Å²) in [6, 6.07) is 6.99. The van der Waals surface area contributed by atoms with Gasteiger partial charge in [-0.15, -0.1) is 0 Å².